The fourth-order valence-corrected chi connectivity index (χ4v) is 9.55. The quantitative estimate of drug-likeness (QED) is 0.352. The zero-order valence-electron chi connectivity index (χ0n) is 24.3. The summed E-state index contributed by atoms with van der Waals surface area (Å²) in [6.07, 6.45) is 20.6. The molecule has 0 aromatic heterocycles. The molecular formula is C31H59NO2S. The lowest BCUT2D eigenvalue weighted by atomic mass is 9.45. The van der Waals surface area contributed by atoms with Crippen LogP contribution in [-0.4, -0.2) is 23.4 Å². The Bertz CT molecular complexity index is 623. The third kappa shape index (κ3) is 7.01. The van der Waals surface area contributed by atoms with E-state index >= 15 is 0 Å². The maximum Gasteiger partial charge on any atom is 0.229 e. The minimum absolute atomic E-state index is 0.272. The monoisotopic (exact) mass is 509 g/mol. The van der Waals surface area contributed by atoms with Gasteiger partial charge in [-0.1, -0.05) is 54.4 Å². The molecule has 5 rings (SSSR count). The Morgan fingerprint density at radius 2 is 1.51 bits per heavy atom. The van der Waals surface area contributed by atoms with Gasteiger partial charge < -0.3 is 5.11 Å². The Kier molecular flexibility index (Phi) is 13.0. The van der Waals surface area contributed by atoms with E-state index in [0.29, 0.717) is 16.1 Å². The van der Waals surface area contributed by atoms with Gasteiger partial charge in [0.2, 0.25) is 5.91 Å². The predicted octanol–water partition coefficient (Wildman–Crippen LogP) is 8.79. The van der Waals surface area contributed by atoms with E-state index in [2.05, 4.69) is 18.6 Å². The topological polar surface area (TPSA) is 49.3 Å². The third-order valence-corrected chi connectivity index (χ3v) is 11.8. The first kappa shape index (κ1) is 31.0. The number of aliphatic hydroxyl groups excluding tert-OH is 1. The van der Waals surface area contributed by atoms with Gasteiger partial charge in [0.15, 0.2) is 0 Å². The summed E-state index contributed by atoms with van der Waals surface area (Å²) in [6, 6.07) is 0. The van der Waals surface area contributed by atoms with E-state index in [4.69, 9.17) is 5.11 Å². The van der Waals surface area contributed by atoms with Crippen molar-refractivity contribution < 1.29 is 9.90 Å². The summed E-state index contributed by atoms with van der Waals surface area (Å²) in [4.78, 5) is 12.1. The van der Waals surface area contributed by atoms with E-state index in [1.807, 2.05) is 27.7 Å². The van der Waals surface area contributed by atoms with E-state index < -0.39 is 0 Å². The van der Waals surface area contributed by atoms with Crippen LogP contribution in [0.25, 0.3) is 0 Å². The minimum Gasteiger partial charge on any atom is -0.400 e. The molecule has 35 heavy (non-hydrogen) atoms. The van der Waals surface area contributed by atoms with Gasteiger partial charge in [0.25, 0.3) is 0 Å². The molecule has 0 aromatic carbocycles. The summed E-state index contributed by atoms with van der Waals surface area (Å²) in [5, 5.41) is 7.71. The molecule has 7 atom stereocenters. The highest BCUT2D eigenvalue weighted by atomic mass is 32.2. The van der Waals surface area contributed by atoms with Crippen LogP contribution in [0, 0.1) is 40.4 Å². The fourth-order valence-electron chi connectivity index (χ4n) is 8.77. The zero-order valence-corrected chi connectivity index (χ0v) is 25.2. The number of amides is 1. The summed E-state index contributed by atoms with van der Waals surface area (Å²) < 4.78 is 3.08. The van der Waals surface area contributed by atoms with Gasteiger partial charge in [0.05, 0.1) is 0 Å². The van der Waals surface area contributed by atoms with Gasteiger partial charge >= 0.3 is 0 Å². The molecular weight excluding hydrogens is 450 g/mol. The third-order valence-electron chi connectivity index (χ3n) is 10.6. The van der Waals surface area contributed by atoms with Crippen molar-refractivity contribution in [1.82, 2.24) is 4.72 Å². The first-order chi connectivity index (χ1) is 17.0. The summed E-state index contributed by atoms with van der Waals surface area (Å²) in [7, 11) is 1.00. The Morgan fingerprint density at radius 3 is 2.20 bits per heavy atom. The first-order valence-corrected chi connectivity index (χ1v) is 16.3. The number of aliphatic hydroxyl groups is 1. The van der Waals surface area contributed by atoms with Crippen molar-refractivity contribution in [2.24, 2.45) is 40.4 Å². The van der Waals surface area contributed by atoms with Gasteiger partial charge in [-0.3, -0.25) is 9.52 Å². The Morgan fingerprint density at radius 1 is 0.829 bits per heavy atom. The molecule has 5 aliphatic rings. The first-order valence-electron chi connectivity index (χ1n) is 15.4. The number of carbonyl (C=O) groups is 1. The standard InChI is InChI=1S/C26H43NOS.2C2H6.CH4O/c1-25-16-4-3-6-18(25)9-13-21-22-14-10-19(26(22,2)17-15-23(21)25)7-5-8-24(28)27-29-20-11-12-20;3*1-2/h18-23H,3-17H2,1-2H3,(H,27,28);2*1-2H3;2H,1H3. The van der Waals surface area contributed by atoms with Crippen molar-refractivity contribution in [3.63, 3.8) is 0 Å². The molecule has 7 unspecified atom stereocenters. The molecule has 0 saturated heterocycles. The Hall–Kier alpha value is -0.220. The molecule has 5 fully saturated rings. The number of rotatable bonds is 6. The van der Waals surface area contributed by atoms with Crippen molar-refractivity contribution in [2.45, 2.75) is 143 Å². The SMILES string of the molecule is CC.CC.CC12CCCCC1CCC1C2CCC2(C)C(CCCC(=O)NSC3CC3)CCC12.CO. The van der Waals surface area contributed by atoms with Gasteiger partial charge in [-0.25, -0.2) is 0 Å². The normalized spacial score (nSPS) is 39.0. The van der Waals surface area contributed by atoms with Gasteiger partial charge in [0, 0.05) is 18.8 Å². The summed E-state index contributed by atoms with van der Waals surface area (Å²) in [5.74, 6) is 5.18. The highest BCUT2D eigenvalue weighted by Crippen LogP contribution is 2.67. The summed E-state index contributed by atoms with van der Waals surface area (Å²) in [6.45, 7) is 13.4. The summed E-state index contributed by atoms with van der Waals surface area (Å²) in [5.41, 5.74) is 1.23. The molecule has 5 saturated carbocycles. The average molecular weight is 510 g/mol. The van der Waals surface area contributed by atoms with Crippen LogP contribution < -0.4 is 4.72 Å². The lowest BCUT2D eigenvalue weighted by Crippen LogP contribution is -2.52. The van der Waals surface area contributed by atoms with Crippen LogP contribution >= 0.6 is 11.9 Å². The number of fused-ring (bicyclic) bond motifs is 5. The Labute approximate surface area is 222 Å². The summed E-state index contributed by atoms with van der Waals surface area (Å²) >= 11 is 1.67. The molecule has 206 valence electrons. The highest BCUT2D eigenvalue weighted by molar-refractivity contribution is 7.98. The van der Waals surface area contributed by atoms with Crippen LogP contribution in [0.5, 0.6) is 0 Å². The van der Waals surface area contributed by atoms with Crippen LogP contribution in [0.1, 0.15) is 138 Å². The second-order valence-corrected chi connectivity index (χ2v) is 13.1. The van der Waals surface area contributed by atoms with E-state index in [9.17, 15) is 4.79 Å². The molecule has 0 aromatic rings. The zero-order chi connectivity index (χ0) is 26.1. The largest absolute Gasteiger partial charge is 0.400 e. The number of nitrogens with one attached hydrogen (secondary N) is 1. The smallest absolute Gasteiger partial charge is 0.229 e. The molecule has 3 nitrogen and oxygen atoms in total. The molecule has 4 heteroatoms. The lowest BCUT2D eigenvalue weighted by molar-refractivity contribution is -0.119. The second-order valence-electron chi connectivity index (χ2n) is 12.0. The maximum atomic E-state index is 12.1. The molecule has 0 heterocycles. The van der Waals surface area contributed by atoms with Crippen molar-refractivity contribution in [3.8, 4) is 0 Å². The average Bonchev–Trinajstić information content (AvgIpc) is 3.67. The van der Waals surface area contributed by atoms with Crippen LogP contribution in [0.4, 0.5) is 0 Å². The molecule has 5 aliphatic carbocycles. The van der Waals surface area contributed by atoms with E-state index in [1.165, 1.54) is 83.5 Å². The molecule has 1 amide bonds. The van der Waals surface area contributed by atoms with Crippen molar-refractivity contribution in [2.75, 3.05) is 7.11 Å². The van der Waals surface area contributed by atoms with Gasteiger partial charge in [-0.05, 0) is 129 Å². The van der Waals surface area contributed by atoms with Crippen LogP contribution in [0.2, 0.25) is 0 Å². The molecule has 0 radical (unpaired) electrons. The number of hydrogen-bond acceptors (Lipinski definition) is 3. The number of hydrogen-bond donors (Lipinski definition) is 2. The van der Waals surface area contributed by atoms with Gasteiger partial charge in [-0.2, -0.15) is 0 Å². The van der Waals surface area contributed by atoms with Crippen molar-refractivity contribution in [3.05, 3.63) is 0 Å². The van der Waals surface area contributed by atoms with Crippen LogP contribution in [0.3, 0.4) is 0 Å². The van der Waals surface area contributed by atoms with Crippen LogP contribution in [-0.2, 0) is 4.79 Å². The van der Waals surface area contributed by atoms with Gasteiger partial charge in [-0.15, -0.1) is 0 Å². The van der Waals surface area contributed by atoms with E-state index in [0.717, 1.165) is 49.5 Å². The fraction of sp³-hybridized carbons (Fsp3) is 0.968. The lowest BCUT2D eigenvalue weighted by Gasteiger charge is -2.60. The highest BCUT2D eigenvalue weighted by Gasteiger charge is 2.59. The predicted molar refractivity (Wildman–Crippen MR) is 153 cm³/mol. The van der Waals surface area contributed by atoms with E-state index in [-0.39, 0.29) is 5.91 Å². The Balaban J connectivity index is 0.000000671. The second kappa shape index (κ2) is 14.6. The van der Waals surface area contributed by atoms with Crippen molar-refractivity contribution in [1.29, 1.82) is 0 Å². The van der Waals surface area contributed by atoms with Gasteiger partial charge in [0.1, 0.15) is 0 Å². The minimum atomic E-state index is 0.272. The van der Waals surface area contributed by atoms with Crippen LogP contribution in [0.15, 0.2) is 0 Å². The number of carbonyl (C=O) groups excluding carboxylic acids is 1. The molecule has 2 N–H and O–H groups in total. The molecule has 0 aliphatic heterocycles. The maximum absolute atomic E-state index is 12.1. The molecule has 0 spiro atoms. The molecule has 0 bridgehead atoms. The van der Waals surface area contributed by atoms with E-state index in [1.54, 1.807) is 11.9 Å². The van der Waals surface area contributed by atoms with Crippen molar-refractivity contribution >= 4 is 17.9 Å².